The van der Waals surface area contributed by atoms with Crippen LogP contribution in [-0.2, 0) is 4.79 Å². The van der Waals surface area contributed by atoms with Crippen LogP contribution in [0.5, 0.6) is 0 Å². The molecule has 2 nitrogen and oxygen atoms in total. The average molecular weight is 310 g/mol. The highest BCUT2D eigenvalue weighted by molar-refractivity contribution is 8.26. The number of benzene rings is 1. The smallest absolute Gasteiger partial charge is 0.266 e. The summed E-state index contributed by atoms with van der Waals surface area (Å²) in [5, 5.41) is 0.688. The van der Waals surface area contributed by atoms with Gasteiger partial charge in [0, 0.05) is 11.6 Å². The predicted octanol–water partition coefficient (Wildman–Crippen LogP) is 4.12. The quantitative estimate of drug-likeness (QED) is 0.619. The molecule has 1 aromatic carbocycles. The Morgan fingerprint density at radius 2 is 2.16 bits per heavy atom. The minimum absolute atomic E-state index is 0.0266. The van der Waals surface area contributed by atoms with E-state index in [4.69, 9.17) is 23.8 Å². The number of hydrogen-bond donors (Lipinski definition) is 0. The molecule has 19 heavy (non-hydrogen) atoms. The molecular formula is C14H12ClNOS2. The standard InChI is InChI=1S/C14H12ClNOS2/c1-2-16-13(17)12(19-14(16)18)9-5-7-10-6-3-4-8-11(10)15/h3-9H,2H2,1H3/b7-5+,12-9+. The largest absolute Gasteiger partial charge is 0.293 e. The van der Waals surface area contributed by atoms with Crippen molar-refractivity contribution in [2.24, 2.45) is 0 Å². The zero-order valence-electron chi connectivity index (χ0n) is 10.3. The van der Waals surface area contributed by atoms with Crippen LogP contribution in [0.25, 0.3) is 6.08 Å². The molecule has 1 aromatic rings. The second-order valence-corrected chi connectivity index (χ2v) is 5.91. The number of thioether (sulfide) groups is 1. The molecule has 98 valence electrons. The molecule has 2 rings (SSSR count). The van der Waals surface area contributed by atoms with E-state index >= 15 is 0 Å². The minimum atomic E-state index is -0.0266. The summed E-state index contributed by atoms with van der Waals surface area (Å²) < 4.78 is 0.616. The predicted molar refractivity (Wildman–Crippen MR) is 86.1 cm³/mol. The van der Waals surface area contributed by atoms with Gasteiger partial charge in [-0.15, -0.1) is 0 Å². The molecule has 5 heteroatoms. The first kappa shape index (κ1) is 14.3. The monoisotopic (exact) mass is 309 g/mol. The Kier molecular flexibility index (Phi) is 4.80. The Bertz CT molecular complexity index is 581. The van der Waals surface area contributed by atoms with Gasteiger partial charge in [0.05, 0.1) is 4.91 Å². The fraction of sp³-hybridized carbons (Fsp3) is 0.143. The molecule has 1 fully saturated rings. The van der Waals surface area contributed by atoms with Crippen LogP contribution in [-0.4, -0.2) is 21.7 Å². The van der Waals surface area contributed by atoms with E-state index in [0.717, 1.165) is 5.56 Å². The zero-order valence-corrected chi connectivity index (χ0v) is 12.7. The van der Waals surface area contributed by atoms with E-state index in [1.165, 1.54) is 11.8 Å². The highest BCUT2D eigenvalue weighted by Gasteiger charge is 2.29. The summed E-state index contributed by atoms with van der Waals surface area (Å²) in [5.41, 5.74) is 0.923. The van der Waals surface area contributed by atoms with Gasteiger partial charge in [0.1, 0.15) is 4.32 Å². The molecule has 1 heterocycles. The van der Waals surface area contributed by atoms with Crippen molar-refractivity contribution in [3.63, 3.8) is 0 Å². The summed E-state index contributed by atoms with van der Waals surface area (Å²) in [4.78, 5) is 14.2. The average Bonchev–Trinajstić information content (AvgIpc) is 2.66. The molecule has 0 radical (unpaired) electrons. The third-order valence-electron chi connectivity index (χ3n) is 2.62. The number of carbonyl (C=O) groups is 1. The van der Waals surface area contributed by atoms with E-state index in [9.17, 15) is 4.79 Å². The topological polar surface area (TPSA) is 20.3 Å². The molecule has 0 aromatic heterocycles. The molecule has 0 saturated carbocycles. The van der Waals surface area contributed by atoms with Gasteiger partial charge in [-0.3, -0.25) is 9.69 Å². The molecule has 0 N–H and O–H groups in total. The minimum Gasteiger partial charge on any atom is -0.293 e. The number of carbonyl (C=O) groups excluding carboxylic acids is 1. The van der Waals surface area contributed by atoms with Crippen molar-refractivity contribution in [2.45, 2.75) is 6.92 Å². The summed E-state index contributed by atoms with van der Waals surface area (Å²) in [5.74, 6) is -0.0266. The number of nitrogens with zero attached hydrogens (tertiary/aromatic N) is 1. The van der Waals surface area contributed by atoms with Gasteiger partial charge >= 0.3 is 0 Å². The first-order valence-electron chi connectivity index (χ1n) is 5.80. The van der Waals surface area contributed by atoms with Crippen molar-refractivity contribution < 1.29 is 4.79 Å². The third-order valence-corrected chi connectivity index (χ3v) is 4.36. The maximum absolute atomic E-state index is 11.9. The van der Waals surface area contributed by atoms with E-state index in [1.807, 2.05) is 43.3 Å². The van der Waals surface area contributed by atoms with Crippen molar-refractivity contribution >= 4 is 51.9 Å². The van der Waals surface area contributed by atoms with Crippen LogP contribution >= 0.6 is 35.6 Å². The van der Waals surface area contributed by atoms with Crippen molar-refractivity contribution in [2.75, 3.05) is 6.54 Å². The zero-order chi connectivity index (χ0) is 13.8. The van der Waals surface area contributed by atoms with Gasteiger partial charge in [0.15, 0.2) is 0 Å². The second-order valence-electron chi connectivity index (χ2n) is 3.83. The Morgan fingerprint density at radius 3 is 2.79 bits per heavy atom. The molecule has 0 aliphatic carbocycles. The molecule has 1 amide bonds. The first-order chi connectivity index (χ1) is 9.13. The van der Waals surface area contributed by atoms with Crippen LogP contribution < -0.4 is 0 Å². The van der Waals surface area contributed by atoms with Gasteiger partial charge in [-0.1, -0.05) is 65.9 Å². The normalized spacial score (nSPS) is 18.0. The SMILES string of the molecule is CCN1C(=O)/C(=C\C=C\c2ccccc2Cl)SC1=S. The maximum Gasteiger partial charge on any atom is 0.266 e. The summed E-state index contributed by atoms with van der Waals surface area (Å²) in [6, 6.07) is 7.55. The highest BCUT2D eigenvalue weighted by Crippen LogP contribution is 2.30. The van der Waals surface area contributed by atoms with Crippen LogP contribution in [0, 0.1) is 0 Å². The Hall–Kier alpha value is -1.10. The summed E-state index contributed by atoms with van der Waals surface area (Å²) in [7, 11) is 0. The molecule has 0 unspecified atom stereocenters. The lowest BCUT2D eigenvalue weighted by Crippen LogP contribution is -2.27. The van der Waals surface area contributed by atoms with E-state index in [-0.39, 0.29) is 5.91 Å². The number of hydrogen-bond acceptors (Lipinski definition) is 3. The highest BCUT2D eigenvalue weighted by atomic mass is 35.5. The lowest BCUT2D eigenvalue weighted by atomic mass is 10.2. The Morgan fingerprint density at radius 1 is 1.42 bits per heavy atom. The van der Waals surface area contributed by atoms with Gasteiger partial charge in [-0.05, 0) is 24.6 Å². The Labute approximate surface area is 127 Å². The molecule has 0 spiro atoms. The number of rotatable bonds is 3. The number of allylic oxidation sites excluding steroid dienone is 2. The maximum atomic E-state index is 11.9. The van der Waals surface area contributed by atoms with Crippen molar-refractivity contribution in [3.8, 4) is 0 Å². The second kappa shape index (κ2) is 6.37. The van der Waals surface area contributed by atoms with Crippen LogP contribution in [0.4, 0.5) is 0 Å². The first-order valence-corrected chi connectivity index (χ1v) is 7.40. The summed E-state index contributed by atoms with van der Waals surface area (Å²) >= 11 is 12.5. The number of halogens is 1. The fourth-order valence-corrected chi connectivity index (χ4v) is 3.17. The number of amides is 1. The fourth-order valence-electron chi connectivity index (χ4n) is 1.64. The summed E-state index contributed by atoms with van der Waals surface area (Å²) in [6.45, 7) is 2.52. The van der Waals surface area contributed by atoms with Crippen molar-refractivity contribution in [1.29, 1.82) is 0 Å². The van der Waals surface area contributed by atoms with E-state index in [0.29, 0.717) is 20.8 Å². The number of likely N-dealkylation sites (N-methyl/N-ethyl adjacent to an activating group) is 1. The van der Waals surface area contributed by atoms with Crippen LogP contribution in [0.2, 0.25) is 5.02 Å². The summed E-state index contributed by atoms with van der Waals surface area (Å²) in [6.07, 6.45) is 5.47. The molecule has 0 atom stereocenters. The molecule has 1 aliphatic rings. The van der Waals surface area contributed by atoms with E-state index < -0.39 is 0 Å². The van der Waals surface area contributed by atoms with Crippen LogP contribution in [0.15, 0.2) is 41.3 Å². The molecule has 1 aliphatic heterocycles. The lowest BCUT2D eigenvalue weighted by Gasteiger charge is -2.09. The van der Waals surface area contributed by atoms with Crippen molar-refractivity contribution in [3.05, 3.63) is 51.9 Å². The van der Waals surface area contributed by atoms with Crippen molar-refractivity contribution in [1.82, 2.24) is 4.90 Å². The lowest BCUT2D eigenvalue weighted by molar-refractivity contribution is -0.122. The molecular weight excluding hydrogens is 298 g/mol. The number of thiocarbonyl (C=S) groups is 1. The van der Waals surface area contributed by atoms with E-state index in [1.54, 1.807) is 11.0 Å². The van der Waals surface area contributed by atoms with Gasteiger partial charge < -0.3 is 0 Å². The Balaban J connectivity index is 2.14. The third kappa shape index (κ3) is 3.26. The van der Waals surface area contributed by atoms with Crippen LogP contribution in [0.3, 0.4) is 0 Å². The molecule has 1 saturated heterocycles. The van der Waals surface area contributed by atoms with Gasteiger partial charge in [0.2, 0.25) is 0 Å². The van der Waals surface area contributed by atoms with Gasteiger partial charge in [-0.25, -0.2) is 0 Å². The van der Waals surface area contributed by atoms with Gasteiger partial charge in [-0.2, -0.15) is 0 Å². The van der Waals surface area contributed by atoms with E-state index in [2.05, 4.69) is 0 Å². The van der Waals surface area contributed by atoms with Gasteiger partial charge in [0.25, 0.3) is 5.91 Å². The van der Waals surface area contributed by atoms with Crippen LogP contribution in [0.1, 0.15) is 12.5 Å². The molecule has 0 bridgehead atoms.